The lowest BCUT2D eigenvalue weighted by atomic mass is 10.2. The van der Waals surface area contributed by atoms with Gasteiger partial charge in [-0.15, -0.1) is 0 Å². The molecule has 0 bridgehead atoms. The zero-order valence-electron chi connectivity index (χ0n) is 8.06. The Balaban J connectivity index is 3.01. The summed E-state index contributed by atoms with van der Waals surface area (Å²) in [4.78, 5) is 7.92. The number of rotatable bonds is 3. The number of nitrogens with zero attached hydrogens (tertiary/aromatic N) is 3. The highest BCUT2D eigenvalue weighted by molar-refractivity contribution is 5.97. The number of ether oxygens (including phenoxy) is 1. The van der Waals surface area contributed by atoms with Gasteiger partial charge in [0.15, 0.2) is 5.84 Å². The monoisotopic (exact) mass is 196 g/mol. The van der Waals surface area contributed by atoms with Gasteiger partial charge in [0.1, 0.15) is 0 Å². The second-order valence-corrected chi connectivity index (χ2v) is 2.57. The largest absolute Gasteiger partial charge is 0.464 e. The van der Waals surface area contributed by atoms with Crippen molar-refractivity contribution in [3.05, 3.63) is 17.5 Å². The summed E-state index contributed by atoms with van der Waals surface area (Å²) in [6, 6.07) is 0.291. The molecule has 0 amide bonds. The van der Waals surface area contributed by atoms with E-state index in [9.17, 15) is 0 Å². The molecule has 0 aliphatic heterocycles. The minimum atomic E-state index is -0.00875. The molecule has 3 N–H and O–H groups in total. The van der Waals surface area contributed by atoms with Crippen LogP contribution in [0.3, 0.4) is 0 Å². The molecule has 14 heavy (non-hydrogen) atoms. The molecule has 6 nitrogen and oxygen atoms in total. The van der Waals surface area contributed by atoms with Gasteiger partial charge in [-0.3, -0.25) is 0 Å². The molecule has 1 heterocycles. The van der Waals surface area contributed by atoms with Crippen LogP contribution in [0.15, 0.2) is 11.4 Å². The zero-order chi connectivity index (χ0) is 10.6. The Morgan fingerprint density at radius 1 is 1.71 bits per heavy atom. The van der Waals surface area contributed by atoms with E-state index in [4.69, 9.17) is 15.7 Å². The maximum atomic E-state index is 8.46. The molecule has 1 aromatic rings. The van der Waals surface area contributed by atoms with Crippen LogP contribution in [0.1, 0.15) is 18.2 Å². The molecule has 0 radical (unpaired) electrons. The van der Waals surface area contributed by atoms with Crippen LogP contribution in [0.25, 0.3) is 0 Å². The summed E-state index contributed by atoms with van der Waals surface area (Å²) in [5, 5.41) is 11.3. The van der Waals surface area contributed by atoms with Crippen molar-refractivity contribution in [2.75, 3.05) is 6.61 Å². The highest BCUT2D eigenvalue weighted by Crippen LogP contribution is 2.08. The fourth-order valence-electron chi connectivity index (χ4n) is 0.950. The van der Waals surface area contributed by atoms with Crippen molar-refractivity contribution in [3.63, 3.8) is 0 Å². The highest BCUT2D eigenvalue weighted by Gasteiger charge is 2.07. The number of oxime groups is 1. The Kier molecular flexibility index (Phi) is 3.22. The van der Waals surface area contributed by atoms with E-state index in [2.05, 4.69) is 15.1 Å². The van der Waals surface area contributed by atoms with Gasteiger partial charge in [-0.2, -0.15) is 4.98 Å². The van der Waals surface area contributed by atoms with Gasteiger partial charge in [0.2, 0.25) is 0 Å². The molecular formula is C8H12N4O2. The molecule has 0 spiro atoms. The van der Waals surface area contributed by atoms with Crippen LogP contribution in [0, 0.1) is 6.92 Å². The molecule has 1 rings (SSSR count). The van der Waals surface area contributed by atoms with Crippen molar-refractivity contribution >= 4 is 5.84 Å². The van der Waals surface area contributed by atoms with Crippen LogP contribution >= 0.6 is 0 Å². The third-order valence-corrected chi connectivity index (χ3v) is 1.61. The van der Waals surface area contributed by atoms with Gasteiger partial charge >= 0.3 is 6.01 Å². The summed E-state index contributed by atoms with van der Waals surface area (Å²) in [7, 11) is 0. The molecule has 0 aromatic carbocycles. The number of hydrogen-bond acceptors (Lipinski definition) is 5. The topological polar surface area (TPSA) is 93.6 Å². The maximum absolute atomic E-state index is 8.46. The maximum Gasteiger partial charge on any atom is 0.316 e. The number of nitrogens with two attached hydrogens (primary N) is 1. The van der Waals surface area contributed by atoms with E-state index in [1.165, 1.54) is 6.20 Å². The first-order valence-corrected chi connectivity index (χ1v) is 4.13. The van der Waals surface area contributed by atoms with Crippen molar-refractivity contribution < 1.29 is 9.94 Å². The summed E-state index contributed by atoms with van der Waals surface area (Å²) >= 11 is 0. The summed E-state index contributed by atoms with van der Waals surface area (Å²) in [6.07, 6.45) is 1.46. The number of hydrogen-bond donors (Lipinski definition) is 2. The standard InChI is InChI=1S/C8H12N4O2/c1-3-14-8-10-4-6(5(2)11-8)7(9)12-13/h4,13H,3H2,1-2H3,(H2,9,12). The third-order valence-electron chi connectivity index (χ3n) is 1.61. The van der Waals surface area contributed by atoms with E-state index in [1.807, 2.05) is 6.92 Å². The van der Waals surface area contributed by atoms with Crippen molar-refractivity contribution in [2.45, 2.75) is 13.8 Å². The average Bonchev–Trinajstić information content (AvgIpc) is 2.17. The Bertz CT molecular complexity index is 351. The van der Waals surface area contributed by atoms with Crippen LogP contribution < -0.4 is 10.5 Å². The smallest absolute Gasteiger partial charge is 0.316 e. The molecule has 0 saturated carbocycles. The molecule has 0 atom stereocenters. The normalized spacial score (nSPS) is 11.4. The lowest BCUT2D eigenvalue weighted by Gasteiger charge is -2.04. The molecule has 0 aliphatic rings. The Morgan fingerprint density at radius 3 is 2.93 bits per heavy atom. The predicted octanol–water partition coefficient (Wildman–Crippen LogP) is 0.278. The molecule has 0 fully saturated rings. The van der Waals surface area contributed by atoms with Gasteiger partial charge in [0.05, 0.1) is 17.9 Å². The van der Waals surface area contributed by atoms with Crippen LogP contribution in [-0.2, 0) is 0 Å². The SMILES string of the molecule is CCOc1ncc(/C(N)=N\O)c(C)n1. The summed E-state index contributed by atoms with van der Waals surface area (Å²) in [6.45, 7) is 4.08. The van der Waals surface area contributed by atoms with Gasteiger partial charge in [-0.25, -0.2) is 4.98 Å². The summed E-state index contributed by atoms with van der Waals surface area (Å²) < 4.78 is 5.09. The molecule has 0 aliphatic carbocycles. The van der Waals surface area contributed by atoms with Gasteiger partial charge in [-0.05, 0) is 13.8 Å². The summed E-state index contributed by atoms with van der Waals surface area (Å²) in [5.41, 5.74) is 6.50. The van der Waals surface area contributed by atoms with Crippen LogP contribution in [0.2, 0.25) is 0 Å². The lowest BCUT2D eigenvalue weighted by Crippen LogP contribution is -2.16. The summed E-state index contributed by atoms with van der Waals surface area (Å²) in [5.74, 6) is -0.00875. The number of amidine groups is 1. The van der Waals surface area contributed by atoms with Gasteiger partial charge < -0.3 is 15.7 Å². The second-order valence-electron chi connectivity index (χ2n) is 2.57. The average molecular weight is 196 g/mol. The Labute approximate surface area is 81.4 Å². The minimum absolute atomic E-state index is 0.00875. The number of aryl methyl sites for hydroxylation is 1. The van der Waals surface area contributed by atoms with Gasteiger partial charge in [0, 0.05) is 6.20 Å². The van der Waals surface area contributed by atoms with E-state index in [-0.39, 0.29) is 5.84 Å². The first-order valence-electron chi connectivity index (χ1n) is 4.13. The molecule has 6 heteroatoms. The second kappa shape index (κ2) is 4.40. The van der Waals surface area contributed by atoms with Crippen molar-refractivity contribution in [1.29, 1.82) is 0 Å². The lowest BCUT2D eigenvalue weighted by molar-refractivity contribution is 0.311. The molecule has 0 unspecified atom stereocenters. The van der Waals surface area contributed by atoms with E-state index in [0.29, 0.717) is 23.9 Å². The molecule has 76 valence electrons. The molecule has 1 aromatic heterocycles. The predicted molar refractivity (Wildman–Crippen MR) is 50.4 cm³/mol. The van der Waals surface area contributed by atoms with Crippen molar-refractivity contribution in [3.8, 4) is 6.01 Å². The molecule has 0 saturated heterocycles. The van der Waals surface area contributed by atoms with Crippen molar-refractivity contribution in [2.24, 2.45) is 10.9 Å². The Morgan fingerprint density at radius 2 is 2.43 bits per heavy atom. The fraction of sp³-hybridized carbons (Fsp3) is 0.375. The minimum Gasteiger partial charge on any atom is -0.464 e. The highest BCUT2D eigenvalue weighted by atomic mass is 16.5. The van der Waals surface area contributed by atoms with E-state index in [0.717, 1.165) is 0 Å². The first kappa shape index (κ1) is 10.2. The van der Waals surface area contributed by atoms with Crippen LogP contribution in [0.4, 0.5) is 0 Å². The van der Waals surface area contributed by atoms with E-state index in [1.54, 1.807) is 6.92 Å². The van der Waals surface area contributed by atoms with E-state index >= 15 is 0 Å². The van der Waals surface area contributed by atoms with Gasteiger partial charge in [0.25, 0.3) is 0 Å². The molecular weight excluding hydrogens is 184 g/mol. The van der Waals surface area contributed by atoms with Crippen LogP contribution in [-0.4, -0.2) is 27.6 Å². The van der Waals surface area contributed by atoms with Crippen LogP contribution in [0.5, 0.6) is 6.01 Å². The first-order chi connectivity index (χ1) is 6.69. The number of aromatic nitrogens is 2. The van der Waals surface area contributed by atoms with E-state index < -0.39 is 0 Å². The van der Waals surface area contributed by atoms with Crippen molar-refractivity contribution in [1.82, 2.24) is 9.97 Å². The Hall–Kier alpha value is -1.85. The van der Waals surface area contributed by atoms with Gasteiger partial charge in [-0.1, -0.05) is 5.16 Å². The third kappa shape index (κ3) is 2.09. The quantitative estimate of drug-likeness (QED) is 0.313. The zero-order valence-corrected chi connectivity index (χ0v) is 8.06. The fourth-order valence-corrected chi connectivity index (χ4v) is 0.950.